The van der Waals surface area contributed by atoms with Crippen molar-refractivity contribution in [3.63, 3.8) is 0 Å². The number of carbonyl (C=O) groups is 1. The summed E-state index contributed by atoms with van der Waals surface area (Å²) in [5.41, 5.74) is 4.78. The van der Waals surface area contributed by atoms with Gasteiger partial charge < -0.3 is 10.6 Å². The molecular weight excluding hydrogens is 540 g/mol. The summed E-state index contributed by atoms with van der Waals surface area (Å²) in [7, 11) is 0. The number of nitriles is 1. The Kier molecular flexibility index (Phi) is 6.67. The highest BCUT2D eigenvalue weighted by Crippen LogP contribution is 2.30. The van der Waals surface area contributed by atoms with Gasteiger partial charge in [-0.2, -0.15) is 14.9 Å². The van der Waals surface area contributed by atoms with E-state index in [9.17, 15) is 4.79 Å². The Morgan fingerprint density at radius 3 is 2.64 bits per heavy atom. The summed E-state index contributed by atoms with van der Waals surface area (Å²) in [4.78, 5) is 17.2. The number of rotatable bonds is 6. The largest absolute Gasteiger partial charge is 0.366 e. The molecule has 0 bridgehead atoms. The van der Waals surface area contributed by atoms with Gasteiger partial charge in [0, 0.05) is 34.4 Å². The van der Waals surface area contributed by atoms with Crippen LogP contribution in [-0.2, 0) is 6.54 Å². The minimum atomic E-state index is -0.270. The molecule has 9 heteroatoms. The fourth-order valence-electron chi connectivity index (χ4n) is 3.70. The highest BCUT2D eigenvalue weighted by Gasteiger charge is 2.13. The molecule has 0 aliphatic carbocycles. The minimum Gasteiger partial charge on any atom is -0.366 e. The molecule has 1 amide bonds. The molecule has 7 nitrogen and oxygen atoms in total. The molecule has 176 valence electrons. The lowest BCUT2D eigenvalue weighted by Gasteiger charge is -2.12. The Bertz CT molecular complexity index is 1620. The zero-order valence-corrected chi connectivity index (χ0v) is 21.1. The van der Waals surface area contributed by atoms with Gasteiger partial charge in [0.25, 0.3) is 5.91 Å². The molecule has 0 aliphatic heterocycles. The van der Waals surface area contributed by atoms with Crippen LogP contribution in [0.4, 0.5) is 11.5 Å². The predicted octanol–water partition coefficient (Wildman–Crippen LogP) is 6.55. The number of aromatic nitrogens is 3. The molecule has 0 unspecified atom stereocenters. The topological polar surface area (TPSA) is 95.1 Å². The average Bonchev–Trinajstić information content (AvgIpc) is 3.29. The van der Waals surface area contributed by atoms with Crippen molar-refractivity contribution in [2.45, 2.75) is 6.54 Å². The Labute approximate surface area is 220 Å². The van der Waals surface area contributed by atoms with Crippen molar-refractivity contribution in [2.24, 2.45) is 0 Å². The normalized spacial score (nSPS) is 10.7. The Hall–Kier alpha value is -4.19. The van der Waals surface area contributed by atoms with Crippen LogP contribution < -0.4 is 10.6 Å². The maximum atomic E-state index is 12.5. The summed E-state index contributed by atoms with van der Waals surface area (Å²) >= 11 is 9.93. The monoisotopic (exact) mass is 556 g/mol. The van der Waals surface area contributed by atoms with Crippen molar-refractivity contribution in [2.75, 3.05) is 10.6 Å². The molecule has 0 saturated heterocycles. The Morgan fingerprint density at radius 1 is 1.06 bits per heavy atom. The molecule has 5 rings (SSSR count). The SMILES string of the molecule is N#Cc1cccc(C(=O)Nc2ccc(CNc3cc(-c4ccccc4Cl)nc4c(Br)cnn34)cc2)c1. The number of benzene rings is 3. The summed E-state index contributed by atoms with van der Waals surface area (Å²) in [5, 5.41) is 20.4. The summed E-state index contributed by atoms with van der Waals surface area (Å²) in [6, 6.07) is 25.7. The van der Waals surface area contributed by atoms with Crippen LogP contribution in [0.25, 0.3) is 16.9 Å². The Morgan fingerprint density at radius 2 is 1.86 bits per heavy atom. The van der Waals surface area contributed by atoms with Crippen LogP contribution in [0.3, 0.4) is 0 Å². The van der Waals surface area contributed by atoms with Crippen molar-refractivity contribution in [1.82, 2.24) is 14.6 Å². The fourth-order valence-corrected chi connectivity index (χ4v) is 4.28. The average molecular weight is 558 g/mol. The van der Waals surface area contributed by atoms with Gasteiger partial charge in [0.05, 0.1) is 28.0 Å². The second-order valence-corrected chi connectivity index (χ2v) is 9.19. The number of nitrogens with one attached hydrogen (secondary N) is 2. The minimum absolute atomic E-state index is 0.270. The van der Waals surface area contributed by atoms with Crippen molar-refractivity contribution >= 4 is 50.6 Å². The van der Waals surface area contributed by atoms with E-state index in [0.717, 1.165) is 27.1 Å². The number of amides is 1. The maximum absolute atomic E-state index is 12.5. The van der Waals surface area contributed by atoms with Crippen LogP contribution in [0.5, 0.6) is 0 Å². The summed E-state index contributed by atoms with van der Waals surface area (Å²) in [6.07, 6.45) is 1.70. The fraction of sp³-hybridized carbons (Fsp3) is 0.0370. The van der Waals surface area contributed by atoms with Gasteiger partial charge in [-0.1, -0.05) is 48.0 Å². The van der Waals surface area contributed by atoms with Gasteiger partial charge in [0.1, 0.15) is 5.82 Å². The molecule has 0 saturated carbocycles. The number of hydrogen-bond acceptors (Lipinski definition) is 5. The third-order valence-electron chi connectivity index (χ3n) is 5.52. The molecule has 0 spiro atoms. The highest BCUT2D eigenvalue weighted by atomic mass is 79.9. The second-order valence-electron chi connectivity index (χ2n) is 7.93. The van der Waals surface area contributed by atoms with Crippen molar-refractivity contribution in [1.29, 1.82) is 5.26 Å². The maximum Gasteiger partial charge on any atom is 0.255 e. The van der Waals surface area contributed by atoms with E-state index < -0.39 is 0 Å². The van der Waals surface area contributed by atoms with E-state index in [1.54, 1.807) is 35.0 Å². The molecule has 3 aromatic carbocycles. The van der Waals surface area contributed by atoms with Crippen molar-refractivity contribution in [3.8, 4) is 17.3 Å². The van der Waals surface area contributed by atoms with E-state index in [1.807, 2.05) is 60.7 Å². The number of nitrogens with zero attached hydrogens (tertiary/aromatic N) is 4. The van der Waals surface area contributed by atoms with E-state index in [0.29, 0.717) is 34.0 Å². The first-order chi connectivity index (χ1) is 17.5. The van der Waals surface area contributed by atoms with Crippen LogP contribution in [0.15, 0.2) is 89.5 Å². The molecule has 2 aromatic heterocycles. The molecular formula is C27H18BrClN6O. The molecule has 2 N–H and O–H groups in total. The van der Waals surface area contributed by atoms with E-state index in [2.05, 4.69) is 31.7 Å². The first kappa shape index (κ1) is 23.5. The number of carbonyl (C=O) groups excluding carboxylic acids is 1. The summed E-state index contributed by atoms with van der Waals surface area (Å²) < 4.78 is 2.51. The van der Waals surface area contributed by atoms with Gasteiger partial charge in [-0.3, -0.25) is 4.79 Å². The quantitative estimate of drug-likeness (QED) is 0.247. The standard InChI is InChI=1S/C27H18BrClN6O/c28-22-16-32-35-25(13-24(34-26(22)35)21-6-1-2-7-23(21)29)31-15-17-8-10-20(11-9-17)33-27(36)19-5-3-4-18(12-19)14-30/h1-13,16,31H,15H2,(H,33,36). The highest BCUT2D eigenvalue weighted by molar-refractivity contribution is 9.10. The zero-order valence-electron chi connectivity index (χ0n) is 18.7. The first-order valence-electron chi connectivity index (χ1n) is 11.0. The lowest BCUT2D eigenvalue weighted by Crippen LogP contribution is -2.12. The molecule has 5 aromatic rings. The molecule has 2 heterocycles. The molecule has 0 atom stereocenters. The second kappa shape index (κ2) is 10.2. The smallest absolute Gasteiger partial charge is 0.255 e. The molecule has 36 heavy (non-hydrogen) atoms. The van der Waals surface area contributed by atoms with Gasteiger partial charge in [0.2, 0.25) is 0 Å². The lowest BCUT2D eigenvalue weighted by molar-refractivity contribution is 0.102. The van der Waals surface area contributed by atoms with E-state index in [4.69, 9.17) is 21.8 Å². The van der Waals surface area contributed by atoms with Gasteiger partial charge in [-0.25, -0.2) is 4.98 Å². The molecule has 0 aliphatic rings. The number of fused-ring (bicyclic) bond motifs is 1. The van der Waals surface area contributed by atoms with Gasteiger partial charge >= 0.3 is 0 Å². The zero-order chi connectivity index (χ0) is 25.1. The van der Waals surface area contributed by atoms with Gasteiger partial charge in [0.15, 0.2) is 5.65 Å². The third kappa shape index (κ3) is 4.93. The number of halogens is 2. The summed E-state index contributed by atoms with van der Waals surface area (Å²) in [5.74, 6) is 0.490. The van der Waals surface area contributed by atoms with Crippen molar-refractivity contribution in [3.05, 3.63) is 111 Å². The first-order valence-corrected chi connectivity index (χ1v) is 12.1. The van der Waals surface area contributed by atoms with E-state index in [-0.39, 0.29) is 5.91 Å². The van der Waals surface area contributed by atoms with Gasteiger partial charge in [-0.05, 0) is 57.9 Å². The van der Waals surface area contributed by atoms with E-state index >= 15 is 0 Å². The van der Waals surface area contributed by atoms with Crippen LogP contribution in [0.1, 0.15) is 21.5 Å². The Balaban J connectivity index is 1.33. The third-order valence-corrected chi connectivity index (χ3v) is 6.41. The lowest BCUT2D eigenvalue weighted by atomic mass is 10.1. The predicted molar refractivity (Wildman–Crippen MR) is 144 cm³/mol. The van der Waals surface area contributed by atoms with Crippen molar-refractivity contribution < 1.29 is 4.79 Å². The van der Waals surface area contributed by atoms with Gasteiger partial charge in [-0.15, -0.1) is 0 Å². The van der Waals surface area contributed by atoms with Crippen LogP contribution >= 0.6 is 27.5 Å². The summed E-state index contributed by atoms with van der Waals surface area (Å²) in [6.45, 7) is 0.525. The van der Waals surface area contributed by atoms with Crippen LogP contribution in [0.2, 0.25) is 5.02 Å². The number of anilines is 2. The van der Waals surface area contributed by atoms with Crippen LogP contribution in [-0.4, -0.2) is 20.5 Å². The number of hydrogen-bond donors (Lipinski definition) is 2. The van der Waals surface area contributed by atoms with Crippen LogP contribution in [0, 0.1) is 11.3 Å². The molecule has 0 fully saturated rings. The molecule has 0 radical (unpaired) electrons. The van der Waals surface area contributed by atoms with E-state index in [1.165, 1.54) is 0 Å².